The molecule has 1 aromatic heterocycles. The molecule has 0 radical (unpaired) electrons. The maximum atomic E-state index is 13.9. The van der Waals surface area contributed by atoms with Crippen LogP contribution in [0.15, 0.2) is 28.1 Å². The van der Waals surface area contributed by atoms with Gasteiger partial charge >= 0.3 is 0 Å². The lowest BCUT2D eigenvalue weighted by molar-refractivity contribution is -0.0707. The van der Waals surface area contributed by atoms with Crippen molar-refractivity contribution in [3.05, 3.63) is 45.1 Å². The summed E-state index contributed by atoms with van der Waals surface area (Å²) in [7, 11) is 0. The summed E-state index contributed by atoms with van der Waals surface area (Å²) in [4.78, 5) is 18.9. The minimum absolute atomic E-state index is 0.00391. The van der Waals surface area contributed by atoms with E-state index >= 15 is 0 Å². The molecule has 0 saturated carbocycles. The number of nitrogens with one attached hydrogen (secondary N) is 1. The fourth-order valence-corrected chi connectivity index (χ4v) is 3.95. The Hall–Kier alpha value is -1.35. The molecule has 2 heterocycles. The van der Waals surface area contributed by atoms with E-state index in [0.717, 1.165) is 18.8 Å². The Kier molecular flexibility index (Phi) is 5.83. The van der Waals surface area contributed by atoms with Crippen LogP contribution in [0, 0.1) is 5.82 Å². The van der Waals surface area contributed by atoms with Gasteiger partial charge in [-0.25, -0.2) is 9.37 Å². The first-order valence-electron chi connectivity index (χ1n) is 7.99. The number of thiazole rings is 1. The van der Waals surface area contributed by atoms with E-state index in [4.69, 9.17) is 4.74 Å². The molecule has 1 N–H and O–H groups in total. The van der Waals surface area contributed by atoms with E-state index in [2.05, 4.69) is 45.0 Å². The second kappa shape index (κ2) is 7.90. The lowest BCUT2D eigenvalue weighted by atomic mass is 10.2. The van der Waals surface area contributed by atoms with E-state index in [1.165, 1.54) is 23.5 Å². The molecule has 25 heavy (non-hydrogen) atoms. The molecule has 1 aliphatic heterocycles. The summed E-state index contributed by atoms with van der Waals surface area (Å²) in [5, 5.41) is 5.05. The Balaban J connectivity index is 1.62. The summed E-state index contributed by atoms with van der Waals surface area (Å²) in [5.74, 6) is -1.07. The van der Waals surface area contributed by atoms with Gasteiger partial charge in [-0.2, -0.15) is 0 Å². The van der Waals surface area contributed by atoms with E-state index in [1.807, 2.05) is 5.38 Å². The van der Waals surface area contributed by atoms with Crippen LogP contribution in [0.25, 0.3) is 0 Å². The van der Waals surface area contributed by atoms with Crippen LogP contribution in [0.1, 0.15) is 29.9 Å². The third kappa shape index (κ3) is 4.84. The Morgan fingerprint density at radius 3 is 2.84 bits per heavy atom. The van der Waals surface area contributed by atoms with Gasteiger partial charge in [0.2, 0.25) is 0 Å². The summed E-state index contributed by atoms with van der Waals surface area (Å²) >= 11 is 4.51. The van der Waals surface area contributed by atoms with Crippen molar-refractivity contribution in [2.24, 2.45) is 0 Å². The number of ether oxygens (including phenoxy) is 1. The third-order valence-corrected chi connectivity index (χ3v) is 5.13. The largest absolute Gasteiger partial charge is 0.373 e. The molecule has 1 aliphatic rings. The average molecular weight is 428 g/mol. The number of hydrogen-bond donors (Lipinski definition) is 1. The van der Waals surface area contributed by atoms with Gasteiger partial charge in [0.05, 0.1) is 23.5 Å². The number of benzene rings is 1. The van der Waals surface area contributed by atoms with Crippen molar-refractivity contribution < 1.29 is 13.9 Å². The number of anilines is 1. The van der Waals surface area contributed by atoms with E-state index in [9.17, 15) is 9.18 Å². The smallest absolute Gasteiger partial charge is 0.260 e. The minimum Gasteiger partial charge on any atom is -0.373 e. The van der Waals surface area contributed by atoms with Crippen LogP contribution in [0.4, 0.5) is 9.52 Å². The van der Waals surface area contributed by atoms with Gasteiger partial charge in [-0.3, -0.25) is 15.0 Å². The number of carbonyl (C=O) groups excluding carboxylic acids is 1. The van der Waals surface area contributed by atoms with E-state index in [-0.39, 0.29) is 17.8 Å². The number of halogens is 2. The number of hydrogen-bond acceptors (Lipinski definition) is 5. The normalized spacial score (nSPS) is 21.3. The number of amides is 1. The molecular formula is C17H19BrFN3O2S. The Bertz CT molecular complexity index is 760. The molecule has 3 rings (SSSR count). The highest BCUT2D eigenvalue weighted by atomic mass is 79.9. The monoisotopic (exact) mass is 427 g/mol. The van der Waals surface area contributed by atoms with Crippen LogP contribution in [0.5, 0.6) is 0 Å². The Morgan fingerprint density at radius 2 is 2.16 bits per heavy atom. The van der Waals surface area contributed by atoms with Crippen molar-refractivity contribution in [1.82, 2.24) is 9.88 Å². The zero-order valence-corrected chi connectivity index (χ0v) is 16.4. The fourth-order valence-electron chi connectivity index (χ4n) is 2.92. The summed E-state index contributed by atoms with van der Waals surface area (Å²) in [6.07, 6.45) is 0.392. The van der Waals surface area contributed by atoms with Crippen molar-refractivity contribution in [1.29, 1.82) is 0 Å². The highest BCUT2D eigenvalue weighted by Crippen LogP contribution is 2.21. The van der Waals surface area contributed by atoms with Crippen molar-refractivity contribution in [3.63, 3.8) is 0 Å². The van der Waals surface area contributed by atoms with Crippen LogP contribution in [0.3, 0.4) is 0 Å². The number of morpholine rings is 1. The Labute approximate surface area is 158 Å². The summed E-state index contributed by atoms with van der Waals surface area (Å²) < 4.78 is 20.2. The van der Waals surface area contributed by atoms with Crippen LogP contribution in [0.2, 0.25) is 0 Å². The standard InChI is InChI=1S/C17H19BrFN3O2S/c1-10-6-22(7-11(2)24-10)8-13-9-25-17(20-13)21-16(23)14-4-3-12(18)5-15(14)19/h3-5,9-11H,6-8H2,1-2H3,(H,20,21,23)/t10-,11-/m0/s1. The van der Waals surface area contributed by atoms with Gasteiger partial charge < -0.3 is 4.74 Å². The van der Waals surface area contributed by atoms with Gasteiger partial charge in [0.15, 0.2) is 5.13 Å². The predicted octanol–water partition coefficient (Wildman–Crippen LogP) is 3.91. The topological polar surface area (TPSA) is 54.5 Å². The minimum atomic E-state index is -0.569. The number of rotatable bonds is 4. The van der Waals surface area contributed by atoms with Gasteiger partial charge in [-0.1, -0.05) is 15.9 Å². The lowest BCUT2D eigenvalue weighted by Gasteiger charge is -2.34. The first-order chi connectivity index (χ1) is 11.9. The van der Waals surface area contributed by atoms with Crippen molar-refractivity contribution in [2.45, 2.75) is 32.6 Å². The van der Waals surface area contributed by atoms with Crippen molar-refractivity contribution in [3.8, 4) is 0 Å². The summed E-state index contributed by atoms with van der Waals surface area (Å²) in [6.45, 7) is 6.53. The number of nitrogens with zero attached hydrogens (tertiary/aromatic N) is 2. The maximum Gasteiger partial charge on any atom is 0.260 e. The lowest BCUT2D eigenvalue weighted by Crippen LogP contribution is -2.44. The molecule has 1 saturated heterocycles. The molecule has 1 aromatic carbocycles. The molecule has 0 spiro atoms. The first kappa shape index (κ1) is 18.4. The molecule has 1 amide bonds. The molecular weight excluding hydrogens is 409 g/mol. The molecule has 0 aliphatic carbocycles. The van der Waals surface area contributed by atoms with Gasteiger partial charge in [0.25, 0.3) is 5.91 Å². The SMILES string of the molecule is C[C@H]1CN(Cc2csc(NC(=O)c3ccc(Br)cc3F)n2)C[C@H](C)O1. The zero-order valence-electron chi connectivity index (χ0n) is 14.0. The van der Waals surface area contributed by atoms with E-state index in [1.54, 1.807) is 6.07 Å². The summed E-state index contributed by atoms with van der Waals surface area (Å²) in [5.41, 5.74) is 0.883. The van der Waals surface area contributed by atoms with Gasteiger partial charge in [0.1, 0.15) is 5.82 Å². The molecule has 2 atom stereocenters. The van der Waals surface area contributed by atoms with Crippen molar-refractivity contribution >= 4 is 38.3 Å². The molecule has 0 bridgehead atoms. The van der Waals surface area contributed by atoms with Gasteiger partial charge in [0, 0.05) is 29.5 Å². The summed E-state index contributed by atoms with van der Waals surface area (Å²) in [6, 6.07) is 4.34. The maximum absolute atomic E-state index is 13.9. The second-order valence-corrected chi connectivity index (χ2v) is 7.95. The van der Waals surface area contributed by atoms with Crippen LogP contribution >= 0.6 is 27.3 Å². The molecule has 134 valence electrons. The van der Waals surface area contributed by atoms with Crippen LogP contribution in [-0.2, 0) is 11.3 Å². The third-order valence-electron chi connectivity index (χ3n) is 3.83. The van der Waals surface area contributed by atoms with Gasteiger partial charge in [-0.15, -0.1) is 11.3 Å². The predicted molar refractivity (Wildman–Crippen MR) is 99.5 cm³/mol. The van der Waals surface area contributed by atoms with Gasteiger partial charge in [-0.05, 0) is 32.0 Å². The highest BCUT2D eigenvalue weighted by Gasteiger charge is 2.23. The fraction of sp³-hybridized carbons (Fsp3) is 0.412. The zero-order chi connectivity index (χ0) is 18.0. The molecule has 8 heteroatoms. The molecule has 0 unspecified atom stereocenters. The average Bonchev–Trinajstić information content (AvgIpc) is 2.92. The second-order valence-electron chi connectivity index (χ2n) is 6.17. The first-order valence-corrected chi connectivity index (χ1v) is 9.66. The van der Waals surface area contributed by atoms with Crippen molar-refractivity contribution in [2.75, 3.05) is 18.4 Å². The van der Waals surface area contributed by atoms with E-state index in [0.29, 0.717) is 16.1 Å². The van der Waals surface area contributed by atoms with Crippen LogP contribution < -0.4 is 5.32 Å². The number of aromatic nitrogens is 1. The van der Waals surface area contributed by atoms with E-state index < -0.39 is 11.7 Å². The quantitative estimate of drug-likeness (QED) is 0.803. The number of carbonyl (C=O) groups is 1. The molecule has 1 fully saturated rings. The molecule has 2 aromatic rings. The highest BCUT2D eigenvalue weighted by molar-refractivity contribution is 9.10. The van der Waals surface area contributed by atoms with Crippen LogP contribution in [-0.4, -0.2) is 41.1 Å². The molecule has 5 nitrogen and oxygen atoms in total. The Morgan fingerprint density at radius 1 is 1.44 bits per heavy atom.